The summed E-state index contributed by atoms with van der Waals surface area (Å²) in [7, 11) is 0. The van der Waals surface area contributed by atoms with Crippen molar-refractivity contribution in [1.29, 1.82) is 0 Å². The summed E-state index contributed by atoms with van der Waals surface area (Å²) in [6, 6.07) is 1.94. The minimum Gasteiger partial charge on any atom is -0.384 e. The van der Waals surface area contributed by atoms with Crippen molar-refractivity contribution in [3.63, 3.8) is 0 Å². The number of hydrogen-bond donors (Lipinski definition) is 1. The third-order valence-corrected chi connectivity index (χ3v) is 4.55. The summed E-state index contributed by atoms with van der Waals surface area (Å²) < 4.78 is 1.00. The standard InChI is InChI=1S/C10H11BrO2S/c11-7-5-9(14-6-7)10(13)3-1-8(12)2-4-10/h5-6,13H,1-4H2. The van der Waals surface area contributed by atoms with Crippen LogP contribution in [0.15, 0.2) is 15.9 Å². The Kier molecular flexibility index (Phi) is 2.77. The fourth-order valence-electron chi connectivity index (χ4n) is 1.75. The van der Waals surface area contributed by atoms with Crippen LogP contribution in [0.4, 0.5) is 0 Å². The summed E-state index contributed by atoms with van der Waals surface area (Å²) in [5.41, 5.74) is -0.759. The summed E-state index contributed by atoms with van der Waals surface area (Å²) in [5.74, 6) is 0.269. The van der Waals surface area contributed by atoms with E-state index in [0.717, 1.165) is 9.35 Å². The zero-order chi connectivity index (χ0) is 10.2. The highest BCUT2D eigenvalue weighted by molar-refractivity contribution is 9.10. The molecule has 0 spiro atoms. The molecule has 2 nitrogen and oxygen atoms in total. The minimum absolute atomic E-state index is 0.269. The Hall–Kier alpha value is -0.190. The molecule has 14 heavy (non-hydrogen) atoms. The van der Waals surface area contributed by atoms with Gasteiger partial charge < -0.3 is 5.11 Å². The Morgan fingerprint density at radius 3 is 2.57 bits per heavy atom. The molecule has 0 unspecified atom stereocenters. The zero-order valence-electron chi connectivity index (χ0n) is 7.62. The molecule has 0 aliphatic heterocycles. The number of hydrogen-bond acceptors (Lipinski definition) is 3. The van der Waals surface area contributed by atoms with E-state index in [1.54, 1.807) is 11.3 Å². The van der Waals surface area contributed by atoms with Crippen LogP contribution < -0.4 is 0 Å². The van der Waals surface area contributed by atoms with Crippen molar-refractivity contribution in [1.82, 2.24) is 0 Å². The molecule has 1 N–H and O–H groups in total. The first-order chi connectivity index (χ1) is 6.60. The highest BCUT2D eigenvalue weighted by Crippen LogP contribution is 2.39. The maximum absolute atomic E-state index is 11.1. The van der Waals surface area contributed by atoms with Gasteiger partial charge >= 0.3 is 0 Å². The van der Waals surface area contributed by atoms with Crippen molar-refractivity contribution < 1.29 is 9.90 Å². The first-order valence-electron chi connectivity index (χ1n) is 4.59. The average Bonchev–Trinajstić information content (AvgIpc) is 2.58. The van der Waals surface area contributed by atoms with E-state index in [-0.39, 0.29) is 5.78 Å². The third-order valence-electron chi connectivity index (χ3n) is 2.66. The number of ketones is 1. The summed E-state index contributed by atoms with van der Waals surface area (Å²) >= 11 is 4.92. The Morgan fingerprint density at radius 1 is 1.43 bits per heavy atom. The van der Waals surface area contributed by atoms with Crippen LogP contribution in [0.5, 0.6) is 0 Å². The molecule has 0 bridgehead atoms. The van der Waals surface area contributed by atoms with Gasteiger partial charge in [0.1, 0.15) is 5.78 Å². The highest BCUT2D eigenvalue weighted by Gasteiger charge is 2.35. The number of halogens is 1. The average molecular weight is 275 g/mol. The molecule has 0 saturated heterocycles. The van der Waals surface area contributed by atoms with E-state index < -0.39 is 5.60 Å². The monoisotopic (exact) mass is 274 g/mol. The van der Waals surface area contributed by atoms with Gasteiger partial charge in [-0.3, -0.25) is 4.79 Å². The number of rotatable bonds is 1. The van der Waals surface area contributed by atoms with Gasteiger partial charge in [0.05, 0.1) is 5.60 Å². The molecule has 1 aliphatic rings. The predicted octanol–water partition coefficient (Wildman–Crippen LogP) is 2.84. The molecule has 1 aliphatic carbocycles. The number of carbonyl (C=O) groups is 1. The Labute approximate surface area is 95.1 Å². The van der Waals surface area contributed by atoms with Gasteiger partial charge in [-0.05, 0) is 34.8 Å². The number of carbonyl (C=O) groups excluding carboxylic acids is 1. The van der Waals surface area contributed by atoms with Gasteiger partial charge in [-0.15, -0.1) is 11.3 Å². The molecule has 1 fully saturated rings. The quantitative estimate of drug-likeness (QED) is 0.855. The topological polar surface area (TPSA) is 37.3 Å². The van der Waals surface area contributed by atoms with Gasteiger partial charge in [0, 0.05) is 27.6 Å². The molecule has 4 heteroatoms. The van der Waals surface area contributed by atoms with Crippen LogP contribution in [-0.4, -0.2) is 10.9 Å². The molecule has 1 heterocycles. The molecule has 1 saturated carbocycles. The lowest BCUT2D eigenvalue weighted by atomic mass is 9.83. The maximum Gasteiger partial charge on any atom is 0.133 e. The van der Waals surface area contributed by atoms with E-state index >= 15 is 0 Å². The van der Waals surface area contributed by atoms with E-state index in [4.69, 9.17) is 0 Å². The Balaban J connectivity index is 2.20. The molecular formula is C10H11BrO2S. The lowest BCUT2D eigenvalue weighted by Gasteiger charge is -2.30. The second-order valence-corrected chi connectivity index (χ2v) is 5.53. The SMILES string of the molecule is O=C1CCC(O)(c2cc(Br)cs2)CC1. The van der Waals surface area contributed by atoms with Crippen LogP contribution in [0.2, 0.25) is 0 Å². The van der Waals surface area contributed by atoms with Crippen molar-refractivity contribution in [2.45, 2.75) is 31.3 Å². The highest BCUT2D eigenvalue weighted by atomic mass is 79.9. The summed E-state index contributed by atoms with van der Waals surface area (Å²) in [4.78, 5) is 12.0. The molecule has 0 atom stereocenters. The fourth-order valence-corrected chi connectivity index (χ4v) is 3.33. The fraction of sp³-hybridized carbons (Fsp3) is 0.500. The van der Waals surface area contributed by atoms with Crippen molar-refractivity contribution in [2.24, 2.45) is 0 Å². The van der Waals surface area contributed by atoms with Gasteiger partial charge in [-0.2, -0.15) is 0 Å². The molecular weight excluding hydrogens is 264 g/mol. The van der Waals surface area contributed by atoms with Crippen molar-refractivity contribution in [2.75, 3.05) is 0 Å². The number of thiophene rings is 1. The molecule has 76 valence electrons. The Morgan fingerprint density at radius 2 is 2.07 bits per heavy atom. The molecule has 0 aromatic carbocycles. The Bertz CT molecular complexity index is 349. The molecule has 1 aromatic heterocycles. The van der Waals surface area contributed by atoms with Crippen molar-refractivity contribution >= 4 is 33.0 Å². The van der Waals surface area contributed by atoms with Crippen LogP contribution in [0, 0.1) is 0 Å². The van der Waals surface area contributed by atoms with Crippen molar-refractivity contribution in [3.8, 4) is 0 Å². The minimum atomic E-state index is -0.759. The predicted molar refractivity (Wildman–Crippen MR) is 59.4 cm³/mol. The van der Waals surface area contributed by atoms with Crippen LogP contribution in [0.25, 0.3) is 0 Å². The molecule has 0 radical (unpaired) electrons. The first-order valence-corrected chi connectivity index (χ1v) is 6.26. The zero-order valence-corrected chi connectivity index (χ0v) is 10.0. The smallest absolute Gasteiger partial charge is 0.133 e. The lowest BCUT2D eigenvalue weighted by Crippen LogP contribution is -2.30. The largest absolute Gasteiger partial charge is 0.384 e. The molecule has 0 amide bonds. The number of Topliss-reactive ketones (excluding diaryl/α,β-unsaturated/α-hetero) is 1. The van der Waals surface area contributed by atoms with Gasteiger partial charge in [0.25, 0.3) is 0 Å². The van der Waals surface area contributed by atoms with Gasteiger partial charge in [0.2, 0.25) is 0 Å². The van der Waals surface area contributed by atoms with Crippen LogP contribution >= 0.6 is 27.3 Å². The van der Waals surface area contributed by atoms with Gasteiger partial charge in [0.15, 0.2) is 0 Å². The van der Waals surface area contributed by atoms with E-state index in [0.29, 0.717) is 25.7 Å². The van der Waals surface area contributed by atoms with E-state index in [1.165, 1.54) is 0 Å². The van der Waals surface area contributed by atoms with Gasteiger partial charge in [-0.1, -0.05) is 0 Å². The first kappa shape index (κ1) is 10.3. The summed E-state index contributed by atoms with van der Waals surface area (Å²) in [6.45, 7) is 0. The number of aliphatic hydroxyl groups is 1. The van der Waals surface area contributed by atoms with Crippen LogP contribution in [0.1, 0.15) is 30.6 Å². The summed E-state index contributed by atoms with van der Waals surface area (Å²) in [5, 5.41) is 12.3. The van der Waals surface area contributed by atoms with Crippen LogP contribution in [-0.2, 0) is 10.4 Å². The molecule has 1 aromatic rings. The van der Waals surface area contributed by atoms with Gasteiger partial charge in [-0.25, -0.2) is 0 Å². The van der Waals surface area contributed by atoms with Crippen LogP contribution in [0.3, 0.4) is 0 Å². The van der Waals surface area contributed by atoms with Crippen molar-refractivity contribution in [3.05, 3.63) is 20.8 Å². The van der Waals surface area contributed by atoms with E-state index in [2.05, 4.69) is 15.9 Å². The normalized spacial score (nSPS) is 21.1. The lowest BCUT2D eigenvalue weighted by molar-refractivity contribution is -0.125. The van der Waals surface area contributed by atoms with E-state index in [9.17, 15) is 9.90 Å². The molecule has 2 rings (SSSR count). The second kappa shape index (κ2) is 3.76. The summed E-state index contributed by atoms with van der Waals surface area (Å²) in [6.07, 6.45) is 2.15. The third kappa shape index (κ3) is 1.92. The van der Waals surface area contributed by atoms with E-state index in [1.807, 2.05) is 11.4 Å². The maximum atomic E-state index is 11.1. The second-order valence-electron chi connectivity index (χ2n) is 3.70.